The molecule has 7 nitrogen and oxygen atoms in total. The topological polar surface area (TPSA) is 89.4 Å². The minimum atomic E-state index is -0.319. The van der Waals surface area contributed by atoms with E-state index in [1.807, 2.05) is 13.8 Å². The average molecular weight is 277 g/mol. The number of aromatic nitrogens is 3. The van der Waals surface area contributed by atoms with Gasteiger partial charge in [0.2, 0.25) is 11.2 Å². The highest BCUT2D eigenvalue weighted by atomic mass is 35.5. The lowest BCUT2D eigenvalue weighted by molar-refractivity contribution is 0.152. The van der Waals surface area contributed by atoms with Gasteiger partial charge in [-0.15, -0.1) is 0 Å². The van der Waals surface area contributed by atoms with Gasteiger partial charge in [0.05, 0.1) is 25.4 Å². The molecule has 0 aliphatic heterocycles. The third kappa shape index (κ3) is 4.99. The van der Waals surface area contributed by atoms with Crippen LogP contribution in [0, 0.1) is 0 Å². The molecule has 8 heteroatoms. The Morgan fingerprint density at radius 1 is 1.33 bits per heavy atom. The molecule has 0 fully saturated rings. The molecule has 0 radical (unpaired) electrons. The lowest BCUT2D eigenvalue weighted by Crippen LogP contribution is -2.29. The van der Waals surface area contributed by atoms with Crippen molar-refractivity contribution in [3.05, 3.63) is 5.28 Å². The van der Waals surface area contributed by atoms with Gasteiger partial charge in [0, 0.05) is 7.11 Å². The van der Waals surface area contributed by atoms with E-state index < -0.39 is 0 Å². The van der Waals surface area contributed by atoms with Crippen molar-refractivity contribution in [2.24, 2.45) is 0 Å². The lowest BCUT2D eigenvalue weighted by atomic mass is 10.3. The van der Waals surface area contributed by atoms with Gasteiger partial charge in [0.25, 0.3) is 0 Å². The number of hydrogen-bond acceptors (Lipinski definition) is 7. The van der Waals surface area contributed by atoms with Crippen LogP contribution in [0.1, 0.15) is 13.8 Å². The SMILES string of the molecule is COCC(CO)Nc1nc(Cl)nc(OC(C)C)n1. The van der Waals surface area contributed by atoms with E-state index in [0.29, 0.717) is 6.61 Å². The molecular weight excluding hydrogens is 260 g/mol. The van der Waals surface area contributed by atoms with Gasteiger partial charge < -0.3 is 19.9 Å². The third-order valence-electron chi connectivity index (χ3n) is 1.85. The van der Waals surface area contributed by atoms with E-state index in [4.69, 9.17) is 26.2 Å². The summed E-state index contributed by atoms with van der Waals surface area (Å²) in [6.45, 7) is 3.91. The summed E-state index contributed by atoms with van der Waals surface area (Å²) >= 11 is 5.76. The quantitative estimate of drug-likeness (QED) is 0.759. The molecule has 1 rings (SSSR count). The molecule has 0 saturated carbocycles. The summed E-state index contributed by atoms with van der Waals surface area (Å²) < 4.78 is 10.3. The molecule has 0 bridgehead atoms. The summed E-state index contributed by atoms with van der Waals surface area (Å²) in [5.41, 5.74) is 0. The van der Waals surface area contributed by atoms with Gasteiger partial charge in [-0.3, -0.25) is 0 Å². The standard InChI is InChI=1S/C10H17ClN4O3/c1-6(2)18-10-14-8(11)13-9(15-10)12-7(4-16)5-17-3/h6-7,16H,4-5H2,1-3H3,(H,12,13,14,15). The van der Waals surface area contributed by atoms with Crippen LogP contribution in [0.2, 0.25) is 5.28 Å². The van der Waals surface area contributed by atoms with Crippen LogP contribution in [0.15, 0.2) is 0 Å². The highest BCUT2D eigenvalue weighted by molar-refractivity contribution is 6.28. The van der Waals surface area contributed by atoms with E-state index in [9.17, 15) is 0 Å². The summed E-state index contributed by atoms with van der Waals surface area (Å²) in [6, 6.07) is -0.179. The fourth-order valence-electron chi connectivity index (χ4n) is 1.18. The van der Waals surface area contributed by atoms with E-state index in [1.165, 1.54) is 7.11 Å². The Morgan fingerprint density at radius 2 is 2.06 bits per heavy atom. The van der Waals surface area contributed by atoms with Crippen LogP contribution in [0.5, 0.6) is 6.01 Å². The van der Waals surface area contributed by atoms with E-state index in [-0.39, 0.29) is 36.0 Å². The molecule has 0 amide bonds. The van der Waals surface area contributed by atoms with Crippen LogP contribution in [-0.4, -0.2) is 52.5 Å². The minimum Gasteiger partial charge on any atom is -0.461 e. The van der Waals surface area contributed by atoms with Crippen molar-refractivity contribution in [1.29, 1.82) is 0 Å². The van der Waals surface area contributed by atoms with Gasteiger partial charge >= 0.3 is 6.01 Å². The van der Waals surface area contributed by atoms with Crippen molar-refractivity contribution in [1.82, 2.24) is 15.0 Å². The van der Waals surface area contributed by atoms with Crippen LogP contribution < -0.4 is 10.1 Å². The smallest absolute Gasteiger partial charge is 0.322 e. The Kier molecular flexibility index (Phi) is 6.03. The molecule has 0 aromatic carbocycles. The van der Waals surface area contributed by atoms with E-state index in [1.54, 1.807) is 0 Å². The van der Waals surface area contributed by atoms with Crippen LogP contribution in [0.3, 0.4) is 0 Å². The van der Waals surface area contributed by atoms with Crippen molar-refractivity contribution in [2.75, 3.05) is 25.6 Å². The van der Waals surface area contributed by atoms with Gasteiger partial charge in [0.1, 0.15) is 0 Å². The highest BCUT2D eigenvalue weighted by Gasteiger charge is 2.12. The van der Waals surface area contributed by atoms with Crippen molar-refractivity contribution in [3.8, 4) is 6.01 Å². The Hall–Kier alpha value is -1.18. The van der Waals surface area contributed by atoms with Gasteiger partial charge in [-0.2, -0.15) is 15.0 Å². The molecular formula is C10H17ClN4O3. The zero-order valence-electron chi connectivity index (χ0n) is 10.6. The van der Waals surface area contributed by atoms with Crippen LogP contribution in [0.4, 0.5) is 5.95 Å². The summed E-state index contributed by atoms with van der Waals surface area (Å²) in [5.74, 6) is 0.238. The molecule has 102 valence electrons. The molecule has 0 aliphatic rings. The first kappa shape index (κ1) is 14.9. The van der Waals surface area contributed by atoms with Crippen LogP contribution in [0.25, 0.3) is 0 Å². The molecule has 1 aromatic heterocycles. The summed E-state index contributed by atoms with van der Waals surface area (Å²) in [6.07, 6.45) is -0.0658. The number of aliphatic hydroxyl groups is 1. The molecule has 1 aromatic rings. The predicted molar refractivity (Wildman–Crippen MR) is 67.0 cm³/mol. The fourth-order valence-corrected chi connectivity index (χ4v) is 1.34. The normalized spacial score (nSPS) is 12.6. The highest BCUT2D eigenvalue weighted by Crippen LogP contribution is 2.13. The molecule has 0 aliphatic carbocycles. The number of aliphatic hydroxyl groups excluding tert-OH is 1. The van der Waals surface area contributed by atoms with Crippen LogP contribution in [-0.2, 0) is 4.74 Å². The number of halogens is 1. The maximum atomic E-state index is 9.12. The second kappa shape index (κ2) is 7.30. The molecule has 1 heterocycles. The summed E-state index contributed by atoms with van der Waals surface area (Å²) in [7, 11) is 1.54. The number of nitrogens with zero attached hydrogens (tertiary/aromatic N) is 3. The van der Waals surface area contributed by atoms with Gasteiger partial charge in [0.15, 0.2) is 0 Å². The lowest BCUT2D eigenvalue weighted by Gasteiger charge is -2.15. The van der Waals surface area contributed by atoms with Crippen molar-refractivity contribution >= 4 is 17.5 Å². The maximum absolute atomic E-state index is 9.12. The first-order valence-electron chi connectivity index (χ1n) is 5.49. The number of hydrogen-bond donors (Lipinski definition) is 2. The number of methoxy groups -OCH3 is 1. The largest absolute Gasteiger partial charge is 0.461 e. The predicted octanol–water partition coefficient (Wildman–Crippen LogP) is 0.731. The van der Waals surface area contributed by atoms with Crippen molar-refractivity contribution in [2.45, 2.75) is 26.0 Å². The van der Waals surface area contributed by atoms with E-state index in [0.717, 1.165) is 0 Å². The van der Waals surface area contributed by atoms with Gasteiger partial charge in [-0.1, -0.05) is 0 Å². The molecule has 0 saturated heterocycles. The maximum Gasteiger partial charge on any atom is 0.322 e. The van der Waals surface area contributed by atoms with Crippen LogP contribution >= 0.6 is 11.6 Å². The van der Waals surface area contributed by atoms with E-state index in [2.05, 4.69) is 20.3 Å². The molecule has 2 N–H and O–H groups in total. The Bertz CT molecular complexity index is 378. The molecule has 0 spiro atoms. The third-order valence-corrected chi connectivity index (χ3v) is 2.02. The van der Waals surface area contributed by atoms with Crippen molar-refractivity contribution in [3.63, 3.8) is 0 Å². The summed E-state index contributed by atoms with van der Waals surface area (Å²) in [5, 5.41) is 12.0. The number of rotatable bonds is 7. The monoisotopic (exact) mass is 276 g/mol. The van der Waals surface area contributed by atoms with Gasteiger partial charge in [-0.25, -0.2) is 0 Å². The second-order valence-electron chi connectivity index (χ2n) is 3.86. The second-order valence-corrected chi connectivity index (χ2v) is 4.19. The Balaban J connectivity index is 2.78. The van der Waals surface area contributed by atoms with E-state index >= 15 is 0 Å². The first-order chi connectivity index (χ1) is 8.55. The zero-order chi connectivity index (χ0) is 13.5. The Labute approximate surface area is 111 Å². The molecule has 18 heavy (non-hydrogen) atoms. The number of nitrogens with one attached hydrogen (secondary N) is 1. The summed E-state index contributed by atoms with van der Waals surface area (Å²) in [4.78, 5) is 11.8. The minimum absolute atomic E-state index is 0.0252. The zero-order valence-corrected chi connectivity index (χ0v) is 11.3. The van der Waals surface area contributed by atoms with Crippen molar-refractivity contribution < 1.29 is 14.6 Å². The average Bonchev–Trinajstić information content (AvgIpc) is 2.26. The molecule has 1 atom stereocenters. The fraction of sp³-hybridized carbons (Fsp3) is 0.700. The Morgan fingerprint density at radius 3 is 2.61 bits per heavy atom. The van der Waals surface area contributed by atoms with Gasteiger partial charge in [-0.05, 0) is 25.4 Å². The first-order valence-corrected chi connectivity index (χ1v) is 5.87. The number of anilines is 1. The molecule has 1 unspecified atom stereocenters. The number of ether oxygens (including phenoxy) is 2.